The van der Waals surface area contributed by atoms with Crippen molar-refractivity contribution in [3.63, 3.8) is 0 Å². The second-order valence-corrected chi connectivity index (χ2v) is 7.25. The van der Waals surface area contributed by atoms with Gasteiger partial charge >= 0.3 is 0 Å². The summed E-state index contributed by atoms with van der Waals surface area (Å²) in [6.45, 7) is 2.50. The van der Waals surface area contributed by atoms with Crippen LogP contribution in [0.25, 0.3) is 10.2 Å². The highest BCUT2D eigenvalue weighted by Crippen LogP contribution is 2.28. The van der Waals surface area contributed by atoms with Crippen molar-refractivity contribution < 1.29 is 9.53 Å². The summed E-state index contributed by atoms with van der Waals surface area (Å²) in [4.78, 5) is 16.4. The van der Waals surface area contributed by atoms with E-state index in [0.29, 0.717) is 6.61 Å². The standard InChI is InChI=1S/C18H17N3O2S2/c1-2-23-15-9-5-3-7-13(15)11-19-21-17(22)12-24-18-20-14-8-4-6-10-16(14)25-18/h3-11H,2,12H2,1H3,(H,21,22)/b19-11-. The van der Waals surface area contributed by atoms with E-state index in [0.717, 1.165) is 25.9 Å². The first-order valence-corrected chi connectivity index (χ1v) is 9.58. The Bertz CT molecular complexity index is 860. The van der Waals surface area contributed by atoms with Crippen LogP contribution in [0.15, 0.2) is 58.0 Å². The second-order valence-electron chi connectivity index (χ2n) is 5.00. The molecule has 1 aromatic heterocycles. The van der Waals surface area contributed by atoms with Crippen LogP contribution in [0.2, 0.25) is 0 Å². The lowest BCUT2D eigenvalue weighted by Gasteiger charge is -2.05. The van der Waals surface area contributed by atoms with Crippen LogP contribution in [0, 0.1) is 0 Å². The number of amides is 1. The van der Waals surface area contributed by atoms with Gasteiger partial charge in [0, 0.05) is 5.56 Å². The highest BCUT2D eigenvalue weighted by molar-refractivity contribution is 8.01. The normalized spacial score (nSPS) is 11.1. The van der Waals surface area contributed by atoms with E-state index in [-0.39, 0.29) is 11.7 Å². The van der Waals surface area contributed by atoms with E-state index in [4.69, 9.17) is 4.74 Å². The van der Waals surface area contributed by atoms with Gasteiger partial charge in [0.25, 0.3) is 5.91 Å². The van der Waals surface area contributed by atoms with Crippen LogP contribution in [0.5, 0.6) is 5.75 Å². The van der Waals surface area contributed by atoms with Gasteiger partial charge in [-0.2, -0.15) is 5.10 Å². The molecule has 0 fully saturated rings. The fourth-order valence-electron chi connectivity index (χ4n) is 2.12. The van der Waals surface area contributed by atoms with Crippen LogP contribution in [-0.2, 0) is 4.79 Å². The smallest absolute Gasteiger partial charge is 0.250 e. The minimum Gasteiger partial charge on any atom is -0.493 e. The molecule has 0 bridgehead atoms. The number of rotatable bonds is 7. The van der Waals surface area contributed by atoms with Gasteiger partial charge in [-0.15, -0.1) is 11.3 Å². The third-order valence-electron chi connectivity index (χ3n) is 3.21. The van der Waals surface area contributed by atoms with E-state index >= 15 is 0 Å². The van der Waals surface area contributed by atoms with Crippen molar-refractivity contribution in [3.8, 4) is 5.75 Å². The average molecular weight is 371 g/mol. The molecule has 3 rings (SSSR count). The highest BCUT2D eigenvalue weighted by atomic mass is 32.2. The molecule has 1 heterocycles. The predicted octanol–water partition coefficient (Wildman–Crippen LogP) is 3.94. The lowest BCUT2D eigenvalue weighted by molar-refractivity contribution is -0.118. The number of hydrogen-bond donors (Lipinski definition) is 1. The topological polar surface area (TPSA) is 63.6 Å². The molecule has 7 heteroatoms. The number of nitrogens with one attached hydrogen (secondary N) is 1. The Kier molecular flexibility index (Phi) is 6.03. The second kappa shape index (κ2) is 8.64. The fourth-order valence-corrected chi connectivity index (χ4v) is 3.98. The van der Waals surface area contributed by atoms with Crippen LogP contribution in [0.1, 0.15) is 12.5 Å². The number of aromatic nitrogens is 1. The number of carbonyl (C=O) groups excluding carboxylic acids is 1. The molecule has 25 heavy (non-hydrogen) atoms. The number of thiazole rings is 1. The summed E-state index contributed by atoms with van der Waals surface area (Å²) in [5, 5.41) is 4.00. The molecule has 0 saturated heterocycles. The number of nitrogens with zero attached hydrogens (tertiary/aromatic N) is 2. The van der Waals surface area contributed by atoms with Gasteiger partial charge in [-0.05, 0) is 31.2 Å². The summed E-state index contributed by atoms with van der Waals surface area (Å²) < 4.78 is 7.51. The largest absolute Gasteiger partial charge is 0.493 e. The van der Waals surface area contributed by atoms with Crippen LogP contribution >= 0.6 is 23.1 Å². The predicted molar refractivity (Wildman–Crippen MR) is 104 cm³/mol. The van der Waals surface area contributed by atoms with Crippen LogP contribution < -0.4 is 10.2 Å². The molecule has 0 unspecified atom stereocenters. The first kappa shape index (κ1) is 17.4. The minimum absolute atomic E-state index is 0.172. The molecule has 3 aromatic rings. The number of ether oxygens (including phenoxy) is 1. The van der Waals surface area contributed by atoms with E-state index in [9.17, 15) is 4.79 Å². The molecule has 0 aliphatic heterocycles. The molecule has 2 aromatic carbocycles. The van der Waals surface area contributed by atoms with Gasteiger partial charge in [0.05, 0.1) is 28.8 Å². The third-order valence-corrected chi connectivity index (χ3v) is 5.39. The van der Waals surface area contributed by atoms with Crippen molar-refractivity contribution in [2.24, 2.45) is 5.10 Å². The van der Waals surface area contributed by atoms with Crippen molar-refractivity contribution in [3.05, 3.63) is 54.1 Å². The van der Waals surface area contributed by atoms with Crippen molar-refractivity contribution in [2.45, 2.75) is 11.3 Å². The zero-order valence-electron chi connectivity index (χ0n) is 13.6. The Balaban J connectivity index is 1.52. The summed E-state index contributed by atoms with van der Waals surface area (Å²) in [6, 6.07) is 15.5. The van der Waals surface area contributed by atoms with Crippen LogP contribution in [0.4, 0.5) is 0 Å². The van der Waals surface area contributed by atoms with Gasteiger partial charge in [-0.3, -0.25) is 4.79 Å². The lowest BCUT2D eigenvalue weighted by atomic mass is 10.2. The number of fused-ring (bicyclic) bond motifs is 1. The van der Waals surface area contributed by atoms with Gasteiger partial charge in [0.15, 0.2) is 4.34 Å². The highest BCUT2D eigenvalue weighted by Gasteiger charge is 2.07. The number of carbonyl (C=O) groups is 1. The van der Waals surface area contributed by atoms with E-state index in [1.807, 2.05) is 55.5 Å². The summed E-state index contributed by atoms with van der Waals surface area (Å²) in [5.74, 6) is 0.839. The molecule has 0 aliphatic rings. The zero-order valence-corrected chi connectivity index (χ0v) is 15.3. The molecule has 0 saturated carbocycles. The van der Waals surface area contributed by atoms with E-state index < -0.39 is 0 Å². The SMILES string of the molecule is CCOc1ccccc1/C=N\NC(=O)CSc1nc2ccccc2s1. The first-order chi connectivity index (χ1) is 12.3. The van der Waals surface area contributed by atoms with Crippen LogP contribution in [-0.4, -0.2) is 29.5 Å². The Hall–Kier alpha value is -2.38. The average Bonchev–Trinajstić information content (AvgIpc) is 3.05. The third kappa shape index (κ3) is 4.80. The maximum atomic E-state index is 11.9. The van der Waals surface area contributed by atoms with Crippen molar-refractivity contribution in [1.29, 1.82) is 0 Å². The molecule has 0 spiro atoms. The van der Waals surface area contributed by atoms with Gasteiger partial charge in [0.1, 0.15) is 5.75 Å². The molecule has 1 N–H and O–H groups in total. The summed E-state index contributed by atoms with van der Waals surface area (Å²) >= 11 is 2.99. The molecule has 1 amide bonds. The van der Waals surface area contributed by atoms with Crippen molar-refractivity contribution >= 4 is 45.4 Å². The monoisotopic (exact) mass is 371 g/mol. The molecule has 0 radical (unpaired) electrons. The molecule has 0 atom stereocenters. The van der Waals surface area contributed by atoms with Crippen LogP contribution in [0.3, 0.4) is 0 Å². The van der Waals surface area contributed by atoms with Crippen molar-refractivity contribution in [1.82, 2.24) is 10.4 Å². The van der Waals surface area contributed by atoms with E-state index in [1.54, 1.807) is 17.6 Å². The summed E-state index contributed by atoms with van der Waals surface area (Å²) in [6.07, 6.45) is 1.59. The Morgan fingerprint density at radius 3 is 2.92 bits per heavy atom. The summed E-state index contributed by atoms with van der Waals surface area (Å²) in [5.41, 5.74) is 4.32. The fraction of sp³-hybridized carbons (Fsp3) is 0.167. The number of thioether (sulfide) groups is 1. The molecule has 128 valence electrons. The first-order valence-electron chi connectivity index (χ1n) is 7.78. The Labute approximate surface area is 154 Å². The van der Waals surface area contributed by atoms with Gasteiger partial charge < -0.3 is 4.74 Å². The van der Waals surface area contributed by atoms with Gasteiger partial charge in [0.2, 0.25) is 0 Å². The Morgan fingerprint density at radius 1 is 1.28 bits per heavy atom. The maximum absolute atomic E-state index is 11.9. The molecular weight excluding hydrogens is 354 g/mol. The zero-order chi connectivity index (χ0) is 17.5. The van der Waals surface area contributed by atoms with Gasteiger partial charge in [-0.25, -0.2) is 10.4 Å². The van der Waals surface area contributed by atoms with E-state index in [1.165, 1.54) is 11.8 Å². The molecule has 5 nitrogen and oxygen atoms in total. The van der Waals surface area contributed by atoms with Gasteiger partial charge in [-0.1, -0.05) is 36.0 Å². The molecular formula is C18H17N3O2S2. The number of hydrazone groups is 1. The number of benzene rings is 2. The lowest BCUT2D eigenvalue weighted by Crippen LogP contribution is -2.19. The summed E-state index contributed by atoms with van der Waals surface area (Å²) in [7, 11) is 0. The molecule has 0 aliphatic carbocycles. The van der Waals surface area contributed by atoms with Crippen molar-refractivity contribution in [2.75, 3.05) is 12.4 Å². The quantitative estimate of drug-likeness (QED) is 0.388. The number of para-hydroxylation sites is 2. The Morgan fingerprint density at radius 2 is 2.08 bits per heavy atom. The maximum Gasteiger partial charge on any atom is 0.250 e. The minimum atomic E-state index is -0.172. The number of hydrogen-bond acceptors (Lipinski definition) is 6. The van der Waals surface area contributed by atoms with E-state index in [2.05, 4.69) is 15.5 Å².